The highest BCUT2D eigenvalue weighted by Gasteiger charge is 2.20. The number of nitrogens with two attached hydrogens (primary N) is 1. The molecule has 3 heterocycles. The molecule has 0 spiro atoms. The second-order valence-electron chi connectivity index (χ2n) is 6.78. The predicted molar refractivity (Wildman–Crippen MR) is 109 cm³/mol. The summed E-state index contributed by atoms with van der Waals surface area (Å²) in [5.74, 6) is 0.701. The molecule has 0 bridgehead atoms. The van der Waals surface area contributed by atoms with E-state index in [1.807, 2.05) is 43.3 Å². The number of aromatic amines is 1. The minimum absolute atomic E-state index is 0.146. The van der Waals surface area contributed by atoms with Gasteiger partial charge in [0, 0.05) is 11.5 Å². The van der Waals surface area contributed by atoms with Crippen LogP contribution in [0.1, 0.15) is 26.8 Å². The standard InChI is InChI=1S/C21H16N6O2/c1-12-23-16-7-6-14(9-17(16)24-12)27-20(22)10-18(25-27)21(29)26-15(11-28)8-13-4-2-3-5-19(13)26/h2-11H,22H2,1H3,(H,23,24). The molecule has 0 radical (unpaired) electrons. The summed E-state index contributed by atoms with van der Waals surface area (Å²) in [6.07, 6.45) is 0.659. The Hall–Kier alpha value is -4.20. The van der Waals surface area contributed by atoms with Crippen LogP contribution in [0.15, 0.2) is 54.6 Å². The predicted octanol–water partition coefficient (Wildman–Crippen LogP) is 3.09. The fourth-order valence-corrected chi connectivity index (χ4v) is 3.57. The molecule has 8 nitrogen and oxygen atoms in total. The summed E-state index contributed by atoms with van der Waals surface area (Å²) in [5.41, 5.74) is 9.58. The van der Waals surface area contributed by atoms with Crippen molar-refractivity contribution in [3.05, 3.63) is 71.8 Å². The van der Waals surface area contributed by atoms with Crippen molar-refractivity contribution >= 4 is 39.9 Å². The number of carbonyl (C=O) groups excluding carboxylic acids is 2. The summed E-state index contributed by atoms with van der Waals surface area (Å²) < 4.78 is 2.85. The van der Waals surface area contributed by atoms with Crippen LogP contribution in [0.2, 0.25) is 0 Å². The van der Waals surface area contributed by atoms with E-state index < -0.39 is 5.91 Å². The normalized spacial score (nSPS) is 11.3. The molecule has 0 amide bonds. The first kappa shape index (κ1) is 16.9. The van der Waals surface area contributed by atoms with Gasteiger partial charge in [-0.3, -0.25) is 14.2 Å². The summed E-state index contributed by atoms with van der Waals surface area (Å²) in [5, 5.41) is 5.20. The van der Waals surface area contributed by atoms with Crippen LogP contribution in [0.4, 0.5) is 5.82 Å². The molecule has 0 saturated heterocycles. The molecule has 0 aliphatic heterocycles. The SMILES string of the molecule is Cc1nc2ccc(-n3nc(C(=O)n4c(C=O)cc5ccccc54)cc3N)cc2[nH]1. The van der Waals surface area contributed by atoms with Gasteiger partial charge >= 0.3 is 0 Å². The van der Waals surface area contributed by atoms with Crippen molar-refractivity contribution in [2.75, 3.05) is 5.73 Å². The molecule has 0 aliphatic rings. The molecule has 0 aliphatic carbocycles. The molecule has 5 rings (SSSR count). The van der Waals surface area contributed by atoms with Crippen molar-refractivity contribution in [2.24, 2.45) is 0 Å². The number of nitrogen functional groups attached to an aromatic ring is 1. The quantitative estimate of drug-likeness (QED) is 0.464. The topological polar surface area (TPSA) is 112 Å². The molecule has 0 unspecified atom stereocenters. The zero-order valence-corrected chi connectivity index (χ0v) is 15.5. The van der Waals surface area contributed by atoms with Crippen LogP contribution in [0.25, 0.3) is 27.6 Å². The zero-order valence-electron chi connectivity index (χ0n) is 15.5. The van der Waals surface area contributed by atoms with Gasteiger partial charge in [-0.15, -0.1) is 0 Å². The van der Waals surface area contributed by atoms with E-state index in [2.05, 4.69) is 15.1 Å². The van der Waals surface area contributed by atoms with Crippen LogP contribution in [-0.2, 0) is 0 Å². The van der Waals surface area contributed by atoms with Crippen LogP contribution in [0.5, 0.6) is 0 Å². The number of nitrogens with one attached hydrogen (secondary N) is 1. The molecule has 0 saturated carbocycles. The summed E-state index contributed by atoms with van der Waals surface area (Å²) in [6.45, 7) is 1.88. The fraction of sp³-hybridized carbons (Fsp3) is 0.0476. The summed E-state index contributed by atoms with van der Waals surface area (Å²) in [7, 11) is 0. The van der Waals surface area contributed by atoms with E-state index in [1.165, 1.54) is 15.3 Å². The Labute approximate surface area is 164 Å². The summed E-state index contributed by atoms with van der Waals surface area (Å²) >= 11 is 0. The third-order valence-electron chi connectivity index (χ3n) is 4.85. The van der Waals surface area contributed by atoms with E-state index in [4.69, 9.17) is 5.73 Å². The second-order valence-corrected chi connectivity index (χ2v) is 6.78. The lowest BCUT2D eigenvalue weighted by Crippen LogP contribution is -2.15. The molecule has 3 N–H and O–H groups in total. The molecule has 3 aromatic heterocycles. The lowest BCUT2D eigenvalue weighted by atomic mass is 10.2. The number of hydrogen-bond acceptors (Lipinski definition) is 5. The molecule has 0 fully saturated rings. The Bertz CT molecular complexity index is 1420. The number of rotatable bonds is 3. The maximum absolute atomic E-state index is 13.2. The highest BCUT2D eigenvalue weighted by molar-refractivity contribution is 6.05. The lowest BCUT2D eigenvalue weighted by Gasteiger charge is -2.05. The number of carbonyl (C=O) groups is 2. The highest BCUT2D eigenvalue weighted by Crippen LogP contribution is 2.23. The average molecular weight is 384 g/mol. The number of fused-ring (bicyclic) bond motifs is 2. The number of anilines is 1. The van der Waals surface area contributed by atoms with Gasteiger partial charge in [-0.1, -0.05) is 18.2 Å². The number of aldehydes is 1. The fourth-order valence-electron chi connectivity index (χ4n) is 3.57. The number of para-hydroxylation sites is 1. The molecule has 5 aromatic rings. The second kappa shape index (κ2) is 6.16. The maximum atomic E-state index is 13.2. The first-order chi connectivity index (χ1) is 14.0. The van der Waals surface area contributed by atoms with Crippen molar-refractivity contribution in [2.45, 2.75) is 6.92 Å². The van der Waals surface area contributed by atoms with Gasteiger partial charge in [-0.05, 0) is 37.3 Å². The van der Waals surface area contributed by atoms with E-state index in [-0.39, 0.29) is 11.4 Å². The highest BCUT2D eigenvalue weighted by atomic mass is 16.2. The number of H-pyrrole nitrogens is 1. The molecule has 29 heavy (non-hydrogen) atoms. The van der Waals surface area contributed by atoms with E-state index in [9.17, 15) is 9.59 Å². The number of aryl methyl sites for hydroxylation is 1. The zero-order chi connectivity index (χ0) is 20.1. The number of aromatic nitrogens is 5. The molecule has 2 aromatic carbocycles. The number of nitrogens with zero attached hydrogens (tertiary/aromatic N) is 4. The number of benzene rings is 2. The van der Waals surface area contributed by atoms with Gasteiger partial charge in [0.15, 0.2) is 12.0 Å². The Morgan fingerprint density at radius 3 is 2.79 bits per heavy atom. The number of imidazole rings is 1. The van der Waals surface area contributed by atoms with Gasteiger partial charge in [-0.25, -0.2) is 9.67 Å². The lowest BCUT2D eigenvalue weighted by molar-refractivity contribution is 0.0946. The first-order valence-corrected chi connectivity index (χ1v) is 8.98. The van der Waals surface area contributed by atoms with Crippen molar-refractivity contribution in [1.82, 2.24) is 24.3 Å². The van der Waals surface area contributed by atoms with Gasteiger partial charge in [-0.2, -0.15) is 5.10 Å². The van der Waals surface area contributed by atoms with Crippen molar-refractivity contribution in [1.29, 1.82) is 0 Å². The van der Waals surface area contributed by atoms with E-state index >= 15 is 0 Å². The molecule has 142 valence electrons. The molecular weight excluding hydrogens is 368 g/mol. The maximum Gasteiger partial charge on any atom is 0.283 e. The molecular formula is C21H16N6O2. The van der Waals surface area contributed by atoms with Crippen molar-refractivity contribution in [3.63, 3.8) is 0 Å². The minimum atomic E-state index is -0.419. The Kier molecular flexibility index (Phi) is 3.60. The summed E-state index contributed by atoms with van der Waals surface area (Å²) in [4.78, 5) is 32.2. The van der Waals surface area contributed by atoms with Crippen LogP contribution in [0.3, 0.4) is 0 Å². The first-order valence-electron chi connectivity index (χ1n) is 8.98. The van der Waals surface area contributed by atoms with Gasteiger partial charge in [0.25, 0.3) is 5.91 Å². The molecule has 8 heteroatoms. The third-order valence-corrected chi connectivity index (χ3v) is 4.85. The van der Waals surface area contributed by atoms with Gasteiger partial charge in [0.1, 0.15) is 11.6 Å². The van der Waals surface area contributed by atoms with Crippen LogP contribution < -0.4 is 5.73 Å². The average Bonchev–Trinajstić information content (AvgIpc) is 3.39. The Morgan fingerprint density at radius 1 is 1.14 bits per heavy atom. The van der Waals surface area contributed by atoms with Gasteiger partial charge in [0.05, 0.1) is 27.9 Å². The summed E-state index contributed by atoms with van der Waals surface area (Å²) in [6, 6.07) is 16.1. The third kappa shape index (κ3) is 2.61. The van der Waals surface area contributed by atoms with E-state index in [0.29, 0.717) is 23.3 Å². The van der Waals surface area contributed by atoms with Gasteiger partial charge < -0.3 is 10.7 Å². The van der Waals surface area contributed by atoms with Crippen molar-refractivity contribution < 1.29 is 9.59 Å². The molecule has 0 atom stereocenters. The van der Waals surface area contributed by atoms with Crippen LogP contribution in [0, 0.1) is 6.92 Å². The monoisotopic (exact) mass is 384 g/mol. The Balaban J connectivity index is 1.61. The number of hydrogen-bond donors (Lipinski definition) is 2. The van der Waals surface area contributed by atoms with Crippen LogP contribution in [-0.4, -0.2) is 36.5 Å². The van der Waals surface area contributed by atoms with E-state index in [1.54, 1.807) is 12.1 Å². The van der Waals surface area contributed by atoms with Crippen molar-refractivity contribution in [3.8, 4) is 5.69 Å². The van der Waals surface area contributed by atoms with Crippen LogP contribution >= 0.6 is 0 Å². The largest absolute Gasteiger partial charge is 0.384 e. The smallest absolute Gasteiger partial charge is 0.283 e. The Morgan fingerprint density at radius 2 is 1.97 bits per heavy atom. The minimum Gasteiger partial charge on any atom is -0.384 e. The van der Waals surface area contributed by atoms with Gasteiger partial charge in [0.2, 0.25) is 0 Å². The van der Waals surface area contributed by atoms with E-state index in [0.717, 1.165) is 22.2 Å².